The Labute approximate surface area is 108 Å². The van der Waals surface area contributed by atoms with E-state index in [1.165, 1.54) is 5.56 Å². The minimum atomic E-state index is -0.463. The fourth-order valence-electron chi connectivity index (χ4n) is 2.32. The van der Waals surface area contributed by atoms with Gasteiger partial charge in [-0.05, 0) is 13.0 Å². The van der Waals surface area contributed by atoms with E-state index in [0.717, 1.165) is 5.75 Å². The SMILES string of the molecule is COC[C@@H](O)CN[C@@H](C)[C@H]1COc2ccccc21. The van der Waals surface area contributed by atoms with Gasteiger partial charge in [0.05, 0.1) is 19.3 Å². The van der Waals surface area contributed by atoms with Crippen molar-refractivity contribution < 1.29 is 14.6 Å². The summed E-state index contributed by atoms with van der Waals surface area (Å²) in [5, 5.41) is 13.0. The van der Waals surface area contributed by atoms with Gasteiger partial charge in [-0.3, -0.25) is 0 Å². The molecule has 1 aromatic carbocycles. The fraction of sp³-hybridized carbons (Fsp3) is 0.571. The molecule has 0 fully saturated rings. The van der Waals surface area contributed by atoms with Crippen molar-refractivity contribution in [3.05, 3.63) is 29.8 Å². The number of hydrogen-bond donors (Lipinski definition) is 2. The average Bonchev–Trinajstić information content (AvgIpc) is 2.80. The van der Waals surface area contributed by atoms with Crippen LogP contribution in [0.2, 0.25) is 0 Å². The largest absolute Gasteiger partial charge is 0.493 e. The molecule has 100 valence electrons. The molecule has 1 aromatic rings. The molecule has 4 heteroatoms. The van der Waals surface area contributed by atoms with Gasteiger partial charge in [-0.2, -0.15) is 0 Å². The maximum Gasteiger partial charge on any atom is 0.122 e. The number of nitrogens with one attached hydrogen (secondary N) is 1. The van der Waals surface area contributed by atoms with Gasteiger partial charge in [0.25, 0.3) is 0 Å². The first-order chi connectivity index (χ1) is 8.72. The van der Waals surface area contributed by atoms with Crippen LogP contribution in [0.1, 0.15) is 18.4 Å². The van der Waals surface area contributed by atoms with Crippen LogP contribution in [0.5, 0.6) is 5.75 Å². The Kier molecular flexibility index (Phi) is 4.58. The van der Waals surface area contributed by atoms with Crippen LogP contribution in [0.3, 0.4) is 0 Å². The van der Waals surface area contributed by atoms with Crippen LogP contribution in [0.15, 0.2) is 24.3 Å². The molecular weight excluding hydrogens is 230 g/mol. The third-order valence-corrected chi connectivity index (χ3v) is 3.37. The van der Waals surface area contributed by atoms with E-state index in [2.05, 4.69) is 18.3 Å². The zero-order valence-corrected chi connectivity index (χ0v) is 10.9. The van der Waals surface area contributed by atoms with E-state index in [-0.39, 0.29) is 6.04 Å². The van der Waals surface area contributed by atoms with Crippen molar-refractivity contribution in [3.63, 3.8) is 0 Å². The number of para-hydroxylation sites is 1. The number of benzene rings is 1. The zero-order valence-electron chi connectivity index (χ0n) is 10.9. The molecule has 0 spiro atoms. The van der Waals surface area contributed by atoms with E-state index in [1.807, 2.05) is 18.2 Å². The number of ether oxygens (including phenoxy) is 2. The highest BCUT2D eigenvalue weighted by molar-refractivity contribution is 5.40. The summed E-state index contributed by atoms with van der Waals surface area (Å²) in [6.07, 6.45) is -0.463. The van der Waals surface area contributed by atoms with Gasteiger partial charge in [-0.25, -0.2) is 0 Å². The molecule has 2 N–H and O–H groups in total. The molecule has 0 saturated carbocycles. The maximum atomic E-state index is 9.62. The van der Waals surface area contributed by atoms with Crippen LogP contribution in [-0.4, -0.2) is 44.1 Å². The Bertz CT molecular complexity index is 383. The summed E-state index contributed by atoms with van der Waals surface area (Å²) in [6.45, 7) is 3.72. The molecule has 0 aromatic heterocycles. The molecule has 4 nitrogen and oxygen atoms in total. The van der Waals surface area contributed by atoms with E-state index in [0.29, 0.717) is 25.7 Å². The highest BCUT2D eigenvalue weighted by atomic mass is 16.5. The van der Waals surface area contributed by atoms with Gasteiger partial charge < -0.3 is 19.9 Å². The summed E-state index contributed by atoms with van der Waals surface area (Å²) in [5.41, 5.74) is 1.25. The number of hydrogen-bond acceptors (Lipinski definition) is 4. The first kappa shape index (κ1) is 13.3. The number of methoxy groups -OCH3 is 1. The lowest BCUT2D eigenvalue weighted by molar-refractivity contribution is 0.0622. The summed E-state index contributed by atoms with van der Waals surface area (Å²) < 4.78 is 10.6. The van der Waals surface area contributed by atoms with Crippen molar-refractivity contribution in [2.75, 3.05) is 26.9 Å². The summed E-state index contributed by atoms with van der Waals surface area (Å²) >= 11 is 0. The van der Waals surface area contributed by atoms with Gasteiger partial charge in [0.1, 0.15) is 5.75 Å². The molecule has 1 aliphatic rings. The molecule has 0 aliphatic carbocycles. The maximum absolute atomic E-state index is 9.62. The molecule has 1 heterocycles. The van der Waals surface area contributed by atoms with Crippen LogP contribution < -0.4 is 10.1 Å². The van der Waals surface area contributed by atoms with Gasteiger partial charge in [0.15, 0.2) is 0 Å². The second-order valence-corrected chi connectivity index (χ2v) is 4.76. The summed E-state index contributed by atoms with van der Waals surface area (Å²) in [4.78, 5) is 0. The number of aliphatic hydroxyl groups excluding tert-OH is 1. The van der Waals surface area contributed by atoms with Crippen molar-refractivity contribution in [1.29, 1.82) is 0 Å². The summed E-state index contributed by atoms with van der Waals surface area (Å²) in [7, 11) is 1.59. The third kappa shape index (κ3) is 3.02. The molecule has 2 rings (SSSR count). The second-order valence-electron chi connectivity index (χ2n) is 4.76. The molecule has 0 radical (unpaired) electrons. The third-order valence-electron chi connectivity index (χ3n) is 3.37. The predicted octanol–water partition coefficient (Wildman–Crippen LogP) is 1.15. The van der Waals surface area contributed by atoms with Gasteiger partial charge >= 0.3 is 0 Å². The Hall–Kier alpha value is -1.10. The number of rotatable bonds is 6. The lowest BCUT2D eigenvalue weighted by Crippen LogP contribution is -2.39. The minimum absolute atomic E-state index is 0.264. The molecule has 0 bridgehead atoms. The first-order valence-electron chi connectivity index (χ1n) is 6.34. The molecule has 3 atom stereocenters. The Morgan fingerprint density at radius 2 is 2.28 bits per heavy atom. The van der Waals surface area contributed by atoms with Crippen molar-refractivity contribution >= 4 is 0 Å². The fourth-order valence-corrected chi connectivity index (χ4v) is 2.32. The van der Waals surface area contributed by atoms with E-state index < -0.39 is 6.10 Å². The van der Waals surface area contributed by atoms with Crippen LogP contribution in [0, 0.1) is 0 Å². The number of fused-ring (bicyclic) bond motifs is 1. The van der Waals surface area contributed by atoms with Crippen molar-refractivity contribution in [3.8, 4) is 5.75 Å². The first-order valence-corrected chi connectivity index (χ1v) is 6.34. The molecule has 18 heavy (non-hydrogen) atoms. The summed E-state index contributed by atoms with van der Waals surface area (Å²) in [6, 6.07) is 8.40. The highest BCUT2D eigenvalue weighted by Crippen LogP contribution is 2.35. The van der Waals surface area contributed by atoms with Crippen LogP contribution in [-0.2, 0) is 4.74 Å². The van der Waals surface area contributed by atoms with E-state index in [4.69, 9.17) is 9.47 Å². The predicted molar refractivity (Wildman–Crippen MR) is 70.0 cm³/mol. The normalized spacial score (nSPS) is 21.2. The van der Waals surface area contributed by atoms with Gasteiger partial charge in [0.2, 0.25) is 0 Å². The molecule has 1 aliphatic heterocycles. The smallest absolute Gasteiger partial charge is 0.122 e. The van der Waals surface area contributed by atoms with E-state index in [9.17, 15) is 5.11 Å². The van der Waals surface area contributed by atoms with Crippen LogP contribution in [0.4, 0.5) is 0 Å². The lowest BCUT2D eigenvalue weighted by Gasteiger charge is -2.21. The van der Waals surface area contributed by atoms with Gasteiger partial charge in [0, 0.05) is 31.2 Å². The van der Waals surface area contributed by atoms with Crippen molar-refractivity contribution in [1.82, 2.24) is 5.32 Å². The van der Waals surface area contributed by atoms with Crippen molar-refractivity contribution in [2.45, 2.75) is 25.0 Å². The van der Waals surface area contributed by atoms with Crippen LogP contribution in [0.25, 0.3) is 0 Å². The standard InChI is InChI=1S/C14H21NO3/c1-10(15-7-11(16)8-17-2)13-9-18-14-6-4-3-5-12(13)14/h3-6,10-11,13,15-16H,7-9H2,1-2H3/t10-,11-,13+/m0/s1. The van der Waals surface area contributed by atoms with Crippen LogP contribution >= 0.6 is 0 Å². The van der Waals surface area contributed by atoms with E-state index >= 15 is 0 Å². The second kappa shape index (κ2) is 6.18. The molecule has 0 saturated heterocycles. The molecule has 0 amide bonds. The minimum Gasteiger partial charge on any atom is -0.493 e. The van der Waals surface area contributed by atoms with E-state index in [1.54, 1.807) is 7.11 Å². The van der Waals surface area contributed by atoms with Gasteiger partial charge in [-0.15, -0.1) is 0 Å². The highest BCUT2D eigenvalue weighted by Gasteiger charge is 2.28. The van der Waals surface area contributed by atoms with Crippen molar-refractivity contribution in [2.24, 2.45) is 0 Å². The summed E-state index contributed by atoms with van der Waals surface area (Å²) in [5.74, 6) is 1.32. The quantitative estimate of drug-likeness (QED) is 0.796. The number of aliphatic hydroxyl groups is 1. The molecule has 0 unspecified atom stereocenters. The Balaban J connectivity index is 1.89. The Morgan fingerprint density at radius 1 is 1.50 bits per heavy atom. The Morgan fingerprint density at radius 3 is 3.06 bits per heavy atom. The lowest BCUT2D eigenvalue weighted by atomic mass is 9.94. The van der Waals surface area contributed by atoms with Gasteiger partial charge in [-0.1, -0.05) is 18.2 Å². The topological polar surface area (TPSA) is 50.7 Å². The average molecular weight is 251 g/mol. The monoisotopic (exact) mass is 251 g/mol. The zero-order chi connectivity index (χ0) is 13.0. The molecular formula is C14H21NO3.